The van der Waals surface area contributed by atoms with Crippen LogP contribution in [0.25, 0.3) is 10.8 Å². The van der Waals surface area contributed by atoms with E-state index in [1.807, 2.05) is 42.5 Å². The summed E-state index contributed by atoms with van der Waals surface area (Å²) >= 11 is 0. The van der Waals surface area contributed by atoms with Gasteiger partial charge in [-0.2, -0.15) is 5.01 Å². The van der Waals surface area contributed by atoms with Gasteiger partial charge in [-0.3, -0.25) is 19.8 Å². The van der Waals surface area contributed by atoms with Crippen LogP contribution in [-0.2, 0) is 11.2 Å². The third kappa shape index (κ3) is 2.97. The molecular weight excluding hydrogens is 340 g/mol. The number of carbonyl (C=O) groups is 3. The van der Waals surface area contributed by atoms with Crippen molar-refractivity contribution in [3.63, 3.8) is 0 Å². The lowest BCUT2D eigenvalue weighted by Crippen LogP contribution is -2.53. The van der Waals surface area contributed by atoms with E-state index in [0.29, 0.717) is 22.9 Å². The molecule has 1 unspecified atom stereocenters. The third-order valence-corrected chi connectivity index (χ3v) is 4.83. The molecule has 1 aliphatic rings. The Kier molecular flexibility index (Phi) is 4.20. The summed E-state index contributed by atoms with van der Waals surface area (Å²) in [6, 6.07) is 20.2. The summed E-state index contributed by atoms with van der Waals surface area (Å²) in [6.45, 7) is 1.77. The normalized spacial score (nSPS) is 14.3. The monoisotopic (exact) mass is 358 g/mol. The molecule has 0 fully saturated rings. The summed E-state index contributed by atoms with van der Waals surface area (Å²) in [7, 11) is 0. The van der Waals surface area contributed by atoms with Crippen LogP contribution in [0.5, 0.6) is 0 Å². The lowest BCUT2D eigenvalue weighted by Gasteiger charge is -2.28. The van der Waals surface area contributed by atoms with Gasteiger partial charge in [0.2, 0.25) is 5.91 Å². The van der Waals surface area contributed by atoms with Gasteiger partial charge in [0.1, 0.15) is 0 Å². The van der Waals surface area contributed by atoms with Gasteiger partial charge in [-0.25, -0.2) is 0 Å². The largest absolute Gasteiger partial charge is 0.280 e. The molecule has 0 radical (unpaired) electrons. The van der Waals surface area contributed by atoms with Crippen LogP contribution in [0.15, 0.2) is 66.7 Å². The molecule has 27 heavy (non-hydrogen) atoms. The molecule has 0 saturated carbocycles. The number of nitrogens with one attached hydrogen (secondary N) is 1. The van der Waals surface area contributed by atoms with Gasteiger partial charge in [-0.05, 0) is 29.5 Å². The maximum Gasteiger partial charge on any atom is 0.280 e. The van der Waals surface area contributed by atoms with Gasteiger partial charge in [-0.1, -0.05) is 61.5 Å². The molecule has 5 nitrogen and oxygen atoms in total. The van der Waals surface area contributed by atoms with E-state index in [1.54, 1.807) is 31.2 Å². The summed E-state index contributed by atoms with van der Waals surface area (Å²) < 4.78 is 0. The van der Waals surface area contributed by atoms with Gasteiger partial charge >= 0.3 is 0 Å². The average molecular weight is 358 g/mol. The van der Waals surface area contributed by atoms with Crippen LogP contribution in [0.1, 0.15) is 33.2 Å². The topological polar surface area (TPSA) is 66.5 Å². The van der Waals surface area contributed by atoms with Crippen molar-refractivity contribution in [2.24, 2.45) is 5.92 Å². The molecule has 1 heterocycles. The van der Waals surface area contributed by atoms with Gasteiger partial charge < -0.3 is 0 Å². The van der Waals surface area contributed by atoms with Crippen molar-refractivity contribution >= 4 is 28.5 Å². The molecule has 3 amide bonds. The van der Waals surface area contributed by atoms with Gasteiger partial charge in [0.25, 0.3) is 11.8 Å². The summed E-state index contributed by atoms with van der Waals surface area (Å²) in [5.74, 6) is -1.78. The Balaban J connectivity index is 1.59. The van der Waals surface area contributed by atoms with E-state index in [2.05, 4.69) is 5.43 Å². The first kappa shape index (κ1) is 17.0. The van der Waals surface area contributed by atoms with Gasteiger partial charge in [0.15, 0.2) is 0 Å². The second kappa shape index (κ2) is 6.68. The Morgan fingerprint density at radius 1 is 0.889 bits per heavy atom. The fraction of sp³-hybridized carbons (Fsp3) is 0.136. The molecule has 1 aliphatic heterocycles. The van der Waals surface area contributed by atoms with Crippen LogP contribution in [0.3, 0.4) is 0 Å². The van der Waals surface area contributed by atoms with Crippen molar-refractivity contribution in [2.75, 3.05) is 0 Å². The smallest absolute Gasteiger partial charge is 0.273 e. The first-order valence-electron chi connectivity index (χ1n) is 8.81. The highest BCUT2D eigenvalue weighted by Crippen LogP contribution is 2.29. The van der Waals surface area contributed by atoms with Crippen molar-refractivity contribution < 1.29 is 14.4 Å². The zero-order valence-corrected chi connectivity index (χ0v) is 14.8. The minimum Gasteiger partial charge on any atom is -0.273 e. The van der Waals surface area contributed by atoms with Crippen LogP contribution in [0.4, 0.5) is 0 Å². The number of hydrazine groups is 1. The van der Waals surface area contributed by atoms with Crippen LogP contribution in [0, 0.1) is 5.92 Å². The summed E-state index contributed by atoms with van der Waals surface area (Å²) in [5, 5.41) is 2.30. The van der Waals surface area contributed by atoms with E-state index in [1.165, 1.54) is 0 Å². The molecule has 0 saturated heterocycles. The number of amides is 3. The number of benzene rings is 3. The Morgan fingerprint density at radius 3 is 2.07 bits per heavy atom. The molecule has 0 spiro atoms. The Bertz CT molecular complexity index is 1010. The van der Waals surface area contributed by atoms with E-state index in [9.17, 15) is 14.4 Å². The third-order valence-electron chi connectivity index (χ3n) is 4.83. The highest BCUT2D eigenvalue weighted by atomic mass is 16.2. The van der Waals surface area contributed by atoms with Crippen molar-refractivity contribution in [1.82, 2.24) is 10.4 Å². The maximum absolute atomic E-state index is 12.8. The maximum atomic E-state index is 12.8. The molecule has 1 N–H and O–H groups in total. The Labute approximate surface area is 156 Å². The van der Waals surface area contributed by atoms with E-state index >= 15 is 0 Å². The van der Waals surface area contributed by atoms with E-state index in [4.69, 9.17) is 0 Å². The minimum absolute atomic E-state index is 0.368. The zero-order chi connectivity index (χ0) is 19.0. The average Bonchev–Trinajstić information content (AvgIpc) is 2.69. The first-order chi connectivity index (χ1) is 13.1. The lowest BCUT2D eigenvalue weighted by atomic mass is 9.95. The zero-order valence-electron chi connectivity index (χ0n) is 14.8. The molecule has 5 heteroatoms. The molecular formula is C22H18N2O3. The van der Waals surface area contributed by atoms with E-state index in [-0.39, 0.29) is 11.8 Å². The summed E-state index contributed by atoms with van der Waals surface area (Å²) in [5.41, 5.74) is 4.37. The molecule has 3 aromatic carbocycles. The fourth-order valence-corrected chi connectivity index (χ4v) is 3.41. The first-order valence-corrected chi connectivity index (χ1v) is 8.81. The highest BCUT2D eigenvalue weighted by Gasteiger charge is 2.34. The number of rotatable bonds is 4. The molecule has 3 aromatic rings. The summed E-state index contributed by atoms with van der Waals surface area (Å²) in [6.07, 6.45) is 0.523. The fourth-order valence-electron chi connectivity index (χ4n) is 3.41. The van der Waals surface area contributed by atoms with E-state index < -0.39 is 11.8 Å². The number of hydrogen-bond donors (Lipinski definition) is 1. The second-order valence-electron chi connectivity index (χ2n) is 6.72. The molecule has 4 rings (SSSR count). The quantitative estimate of drug-likeness (QED) is 0.728. The van der Waals surface area contributed by atoms with Crippen LogP contribution >= 0.6 is 0 Å². The van der Waals surface area contributed by atoms with E-state index in [0.717, 1.165) is 16.0 Å². The van der Waals surface area contributed by atoms with Crippen LogP contribution in [-0.4, -0.2) is 22.7 Å². The number of nitrogens with zero attached hydrogens (tertiary/aromatic N) is 1. The van der Waals surface area contributed by atoms with Crippen molar-refractivity contribution in [1.29, 1.82) is 0 Å². The van der Waals surface area contributed by atoms with Crippen molar-refractivity contribution in [3.05, 3.63) is 83.4 Å². The predicted octanol–water partition coefficient (Wildman–Crippen LogP) is 3.35. The molecule has 0 bridgehead atoms. The molecule has 134 valence electrons. The van der Waals surface area contributed by atoms with Crippen LogP contribution < -0.4 is 5.43 Å². The molecule has 1 atom stereocenters. The number of imide groups is 1. The van der Waals surface area contributed by atoms with Crippen molar-refractivity contribution in [3.8, 4) is 0 Å². The number of carbonyl (C=O) groups excluding carboxylic acids is 3. The minimum atomic E-state index is -0.510. The Hall–Kier alpha value is -3.47. The lowest BCUT2D eigenvalue weighted by molar-refractivity contribution is -0.127. The van der Waals surface area contributed by atoms with Crippen LogP contribution in [0.2, 0.25) is 0 Å². The highest BCUT2D eigenvalue weighted by molar-refractivity contribution is 6.25. The summed E-state index contributed by atoms with van der Waals surface area (Å²) in [4.78, 5) is 38.2. The standard InChI is InChI=1S/C22H18N2O3/c1-14(13-15-7-3-2-4-8-15)20(25)23-24-21(26)17-11-5-9-16-10-6-12-18(19(16)17)22(24)27/h2-12,14H,13H2,1H3,(H,23,25). The van der Waals surface area contributed by atoms with Gasteiger partial charge in [-0.15, -0.1) is 0 Å². The SMILES string of the molecule is CC(Cc1ccccc1)C(=O)NN1C(=O)c2cccc3cccc(c23)C1=O. The Morgan fingerprint density at radius 2 is 1.48 bits per heavy atom. The van der Waals surface area contributed by atoms with Gasteiger partial charge in [0, 0.05) is 11.3 Å². The number of hydrogen-bond acceptors (Lipinski definition) is 3. The molecule has 0 aromatic heterocycles. The van der Waals surface area contributed by atoms with Gasteiger partial charge in [0.05, 0.1) is 11.1 Å². The second-order valence-corrected chi connectivity index (χ2v) is 6.72. The molecule has 0 aliphatic carbocycles. The van der Waals surface area contributed by atoms with Crippen molar-refractivity contribution in [2.45, 2.75) is 13.3 Å². The predicted molar refractivity (Wildman–Crippen MR) is 102 cm³/mol.